The lowest BCUT2D eigenvalue weighted by molar-refractivity contribution is 0.0947. The summed E-state index contributed by atoms with van der Waals surface area (Å²) in [5, 5.41) is 6.26. The number of amides is 2. The molecule has 0 aliphatic rings. The highest BCUT2D eigenvalue weighted by Gasteiger charge is 2.12. The van der Waals surface area contributed by atoms with Crippen molar-refractivity contribution in [3.05, 3.63) is 76.0 Å². The number of carbonyl (C=O) groups is 2. The summed E-state index contributed by atoms with van der Waals surface area (Å²) in [4.78, 5) is 42.3. The summed E-state index contributed by atoms with van der Waals surface area (Å²) in [6, 6.07) is 8.61. The molecule has 1 aromatic carbocycles. The number of H-pyrrole nitrogens is 1. The number of carbonyl (C=O) groups excluding carboxylic acids is 2. The van der Waals surface area contributed by atoms with E-state index in [1.165, 1.54) is 18.6 Å². The number of hydrogen-bond donors (Lipinski definition) is 3. The summed E-state index contributed by atoms with van der Waals surface area (Å²) < 4.78 is 0. The molecule has 7 heteroatoms. The van der Waals surface area contributed by atoms with Crippen molar-refractivity contribution in [2.75, 3.05) is 7.05 Å². The van der Waals surface area contributed by atoms with Crippen LogP contribution in [0, 0.1) is 0 Å². The quantitative estimate of drug-likeness (QED) is 0.666. The van der Waals surface area contributed by atoms with Crippen molar-refractivity contribution in [1.29, 1.82) is 0 Å². The van der Waals surface area contributed by atoms with Crippen molar-refractivity contribution in [2.45, 2.75) is 6.54 Å². The van der Waals surface area contributed by atoms with Crippen LogP contribution in [0.2, 0.25) is 0 Å². The van der Waals surface area contributed by atoms with Gasteiger partial charge in [-0.1, -0.05) is 12.1 Å². The van der Waals surface area contributed by atoms with Crippen LogP contribution in [0.1, 0.15) is 26.3 Å². The largest absolute Gasteiger partial charge is 0.355 e. The molecule has 0 unspecified atom stereocenters. The summed E-state index contributed by atoms with van der Waals surface area (Å²) in [5.41, 5.74) is 1.46. The lowest BCUT2D eigenvalue weighted by atomic mass is 10.1. The molecular formula is C18H16N4O3. The van der Waals surface area contributed by atoms with E-state index in [0.29, 0.717) is 28.4 Å². The molecule has 3 N–H and O–H groups in total. The van der Waals surface area contributed by atoms with E-state index < -0.39 is 0 Å². The normalized spacial score (nSPS) is 10.4. The Morgan fingerprint density at radius 2 is 1.80 bits per heavy atom. The molecule has 0 radical (unpaired) electrons. The van der Waals surface area contributed by atoms with E-state index in [0.717, 1.165) is 5.56 Å². The lowest BCUT2D eigenvalue weighted by Crippen LogP contribution is -2.24. The van der Waals surface area contributed by atoms with Crippen molar-refractivity contribution < 1.29 is 9.59 Å². The average Bonchev–Trinajstić information content (AvgIpc) is 2.66. The molecule has 7 nitrogen and oxygen atoms in total. The molecule has 126 valence electrons. The number of nitrogens with one attached hydrogen (secondary N) is 3. The molecule has 2 heterocycles. The van der Waals surface area contributed by atoms with E-state index in [1.807, 2.05) is 0 Å². The highest BCUT2D eigenvalue weighted by atomic mass is 16.2. The predicted molar refractivity (Wildman–Crippen MR) is 93.4 cm³/mol. The SMILES string of the molecule is CNC(=O)c1ccc(CNC(=O)c2cncc3c(=O)[nH]ccc23)cc1. The molecule has 3 aromatic rings. The first-order chi connectivity index (χ1) is 12.1. The fourth-order valence-corrected chi connectivity index (χ4v) is 2.49. The predicted octanol–water partition coefficient (Wildman–Crippen LogP) is 1.21. The number of hydrogen-bond acceptors (Lipinski definition) is 4. The van der Waals surface area contributed by atoms with E-state index >= 15 is 0 Å². The van der Waals surface area contributed by atoms with Crippen LogP contribution in [-0.4, -0.2) is 28.8 Å². The van der Waals surface area contributed by atoms with Gasteiger partial charge in [0.2, 0.25) is 0 Å². The molecular weight excluding hydrogens is 320 g/mol. The molecule has 0 bridgehead atoms. The van der Waals surface area contributed by atoms with Crippen LogP contribution in [0.3, 0.4) is 0 Å². The van der Waals surface area contributed by atoms with E-state index in [2.05, 4.69) is 20.6 Å². The van der Waals surface area contributed by atoms with Crippen LogP contribution < -0.4 is 16.2 Å². The summed E-state index contributed by atoms with van der Waals surface area (Å²) >= 11 is 0. The third-order valence-corrected chi connectivity index (χ3v) is 3.84. The Morgan fingerprint density at radius 1 is 1.04 bits per heavy atom. The smallest absolute Gasteiger partial charge is 0.257 e. The first-order valence-electron chi connectivity index (χ1n) is 7.65. The molecule has 0 saturated heterocycles. The van der Waals surface area contributed by atoms with Gasteiger partial charge in [-0.05, 0) is 23.8 Å². The number of benzene rings is 1. The molecule has 0 fully saturated rings. The molecule has 2 aromatic heterocycles. The maximum atomic E-state index is 12.4. The second-order valence-corrected chi connectivity index (χ2v) is 5.41. The molecule has 0 aliphatic heterocycles. The Labute approximate surface area is 143 Å². The molecule has 0 atom stereocenters. The van der Waals surface area contributed by atoms with Crippen LogP contribution >= 0.6 is 0 Å². The number of aromatic amines is 1. The van der Waals surface area contributed by atoms with Crippen molar-refractivity contribution in [1.82, 2.24) is 20.6 Å². The number of aromatic nitrogens is 2. The fraction of sp³-hybridized carbons (Fsp3) is 0.111. The van der Waals surface area contributed by atoms with Gasteiger partial charge in [0.05, 0.1) is 10.9 Å². The summed E-state index contributed by atoms with van der Waals surface area (Å²) in [5.74, 6) is -0.485. The monoisotopic (exact) mass is 336 g/mol. The lowest BCUT2D eigenvalue weighted by Gasteiger charge is -2.08. The van der Waals surface area contributed by atoms with E-state index in [9.17, 15) is 14.4 Å². The summed E-state index contributed by atoms with van der Waals surface area (Å²) in [7, 11) is 1.57. The van der Waals surface area contributed by atoms with Gasteiger partial charge in [0, 0.05) is 43.1 Å². The Bertz CT molecular complexity index is 993. The molecule has 3 rings (SSSR count). The van der Waals surface area contributed by atoms with Crippen LogP contribution in [0.4, 0.5) is 0 Å². The zero-order valence-corrected chi connectivity index (χ0v) is 13.5. The van der Waals surface area contributed by atoms with Gasteiger partial charge in [0.1, 0.15) is 0 Å². The summed E-state index contributed by atoms with van der Waals surface area (Å²) in [6.45, 7) is 0.298. The zero-order chi connectivity index (χ0) is 17.8. The minimum atomic E-state index is -0.320. The highest BCUT2D eigenvalue weighted by Crippen LogP contribution is 2.13. The van der Waals surface area contributed by atoms with Crippen LogP contribution in [-0.2, 0) is 6.54 Å². The molecule has 0 saturated carbocycles. The first kappa shape index (κ1) is 16.4. The van der Waals surface area contributed by atoms with E-state index in [4.69, 9.17) is 0 Å². The zero-order valence-electron chi connectivity index (χ0n) is 13.5. The third kappa shape index (κ3) is 3.40. The Hall–Kier alpha value is -3.48. The average molecular weight is 336 g/mol. The van der Waals surface area contributed by atoms with Gasteiger partial charge < -0.3 is 15.6 Å². The standard InChI is InChI=1S/C18H16N4O3/c1-19-16(23)12-4-2-11(3-5-12)8-22-18(25)15-10-20-9-14-13(15)6-7-21-17(14)24/h2-7,9-10H,8H2,1H3,(H,19,23)(H,21,24)(H,22,25). The topological polar surface area (TPSA) is 104 Å². The number of nitrogens with zero attached hydrogens (tertiary/aromatic N) is 1. The van der Waals surface area contributed by atoms with Crippen LogP contribution in [0.15, 0.2) is 53.7 Å². The van der Waals surface area contributed by atoms with Crippen LogP contribution in [0.5, 0.6) is 0 Å². The third-order valence-electron chi connectivity index (χ3n) is 3.84. The maximum Gasteiger partial charge on any atom is 0.257 e. The molecule has 2 amide bonds. The fourth-order valence-electron chi connectivity index (χ4n) is 2.49. The van der Waals surface area contributed by atoms with Crippen LogP contribution in [0.25, 0.3) is 10.8 Å². The molecule has 0 aliphatic carbocycles. The minimum Gasteiger partial charge on any atom is -0.355 e. The maximum absolute atomic E-state index is 12.4. The highest BCUT2D eigenvalue weighted by molar-refractivity contribution is 6.06. The number of rotatable bonds is 4. The van der Waals surface area contributed by atoms with E-state index in [-0.39, 0.29) is 17.4 Å². The van der Waals surface area contributed by atoms with Crippen molar-refractivity contribution in [3.63, 3.8) is 0 Å². The Morgan fingerprint density at radius 3 is 2.52 bits per heavy atom. The van der Waals surface area contributed by atoms with Crippen molar-refractivity contribution >= 4 is 22.6 Å². The molecule has 25 heavy (non-hydrogen) atoms. The van der Waals surface area contributed by atoms with Crippen molar-refractivity contribution in [2.24, 2.45) is 0 Å². The Kier molecular flexibility index (Phi) is 4.56. The summed E-state index contributed by atoms with van der Waals surface area (Å²) in [6.07, 6.45) is 4.37. The van der Waals surface area contributed by atoms with E-state index in [1.54, 1.807) is 37.4 Å². The first-order valence-corrected chi connectivity index (χ1v) is 7.65. The van der Waals surface area contributed by atoms with Gasteiger partial charge in [-0.3, -0.25) is 19.4 Å². The van der Waals surface area contributed by atoms with Crippen molar-refractivity contribution in [3.8, 4) is 0 Å². The van der Waals surface area contributed by atoms with Gasteiger partial charge >= 0.3 is 0 Å². The van der Waals surface area contributed by atoms with Gasteiger partial charge in [-0.2, -0.15) is 0 Å². The molecule has 0 spiro atoms. The number of fused-ring (bicyclic) bond motifs is 1. The van der Waals surface area contributed by atoms with Gasteiger partial charge in [0.15, 0.2) is 0 Å². The van der Waals surface area contributed by atoms with Gasteiger partial charge in [0.25, 0.3) is 17.4 Å². The second kappa shape index (κ2) is 6.96. The second-order valence-electron chi connectivity index (χ2n) is 5.41. The number of pyridine rings is 2. The Balaban J connectivity index is 1.76. The van der Waals surface area contributed by atoms with Gasteiger partial charge in [-0.15, -0.1) is 0 Å². The minimum absolute atomic E-state index is 0.164. The van der Waals surface area contributed by atoms with Gasteiger partial charge in [-0.25, -0.2) is 0 Å².